The number of ketones is 1. The molecule has 0 aromatic heterocycles. The van der Waals surface area contributed by atoms with E-state index in [-0.39, 0.29) is 0 Å². The average molecular weight is 402 g/mol. The summed E-state index contributed by atoms with van der Waals surface area (Å²) in [6.45, 7) is 2.85. The molecular weight excluding hydrogens is 386 g/mol. The number of amides is 2. The highest BCUT2D eigenvalue weighted by Crippen LogP contribution is 2.44. The van der Waals surface area contributed by atoms with E-state index in [1.165, 1.54) is 0 Å². The Balaban J connectivity index is 2.35. The van der Waals surface area contributed by atoms with E-state index in [4.69, 9.17) is 0 Å². The maximum absolute atomic E-state index is 12.6. The van der Waals surface area contributed by atoms with E-state index >= 15 is 0 Å². The van der Waals surface area contributed by atoms with E-state index in [0.717, 1.165) is 9.37 Å². The van der Waals surface area contributed by atoms with Gasteiger partial charge in [0.05, 0.1) is 18.7 Å². The number of piperidine rings is 1. The molecule has 0 N–H and O–H groups in total. The van der Waals surface area contributed by atoms with Crippen LogP contribution in [0, 0.1) is 39.9 Å². The Morgan fingerprint density at radius 3 is 2.04 bits per heavy atom. The molecule has 2 atom stereocenters. The summed E-state index contributed by atoms with van der Waals surface area (Å²) in [4.78, 5) is 38.4. The summed E-state index contributed by atoms with van der Waals surface area (Å²) in [6, 6.07) is 10.3. The fourth-order valence-electron chi connectivity index (χ4n) is 2.99. The normalized spacial score (nSPS) is 26.0. The fraction of sp³-hybridized carbons (Fsp3) is 0.389. The number of imide groups is 1. The maximum atomic E-state index is 12.6. The van der Waals surface area contributed by atoms with E-state index < -0.39 is 41.4 Å². The lowest BCUT2D eigenvalue weighted by Crippen LogP contribution is -2.59. The number of Topliss-reactive ketones (excluding diaryl/α,β-unsaturated/α-hetero) is 1. The number of hydrogen-bond donors (Lipinski definition) is 0. The molecule has 2 amide bonds. The minimum absolute atomic E-state index is 0.329. The SMILES string of the molecule is CCC1(C)C(C#N)C(=O)N(CC(=O)c2ccc(Br)cc2)C(=O)C1C#N. The third-order valence-electron chi connectivity index (χ3n) is 4.83. The molecule has 2 rings (SSSR count). The Labute approximate surface area is 154 Å². The van der Waals surface area contributed by atoms with Gasteiger partial charge < -0.3 is 0 Å². The number of carbonyl (C=O) groups excluding carboxylic acids is 3. The van der Waals surface area contributed by atoms with Crippen LogP contribution in [0.4, 0.5) is 0 Å². The highest BCUT2D eigenvalue weighted by molar-refractivity contribution is 9.10. The first-order valence-electron chi connectivity index (χ1n) is 7.73. The molecule has 0 aliphatic carbocycles. The number of rotatable bonds is 4. The second-order valence-corrected chi connectivity index (χ2v) is 7.09. The van der Waals surface area contributed by atoms with Gasteiger partial charge in [0, 0.05) is 15.5 Å². The van der Waals surface area contributed by atoms with Gasteiger partial charge in [-0.25, -0.2) is 0 Å². The first-order chi connectivity index (χ1) is 11.8. The van der Waals surface area contributed by atoms with Gasteiger partial charge in [0.25, 0.3) is 0 Å². The monoisotopic (exact) mass is 401 g/mol. The Morgan fingerprint density at radius 1 is 1.16 bits per heavy atom. The fourth-order valence-corrected chi connectivity index (χ4v) is 3.26. The van der Waals surface area contributed by atoms with Crippen molar-refractivity contribution in [3.05, 3.63) is 34.3 Å². The minimum atomic E-state index is -1.14. The van der Waals surface area contributed by atoms with Gasteiger partial charge in [0.15, 0.2) is 5.78 Å². The van der Waals surface area contributed by atoms with E-state index in [2.05, 4.69) is 15.9 Å². The van der Waals surface area contributed by atoms with Crippen LogP contribution < -0.4 is 0 Å². The van der Waals surface area contributed by atoms with Crippen LogP contribution in [0.5, 0.6) is 0 Å². The Kier molecular flexibility index (Phi) is 5.39. The second-order valence-electron chi connectivity index (χ2n) is 6.18. The van der Waals surface area contributed by atoms with Crippen LogP contribution in [-0.4, -0.2) is 29.0 Å². The van der Waals surface area contributed by atoms with Gasteiger partial charge in [0.1, 0.15) is 11.8 Å². The molecule has 1 aromatic carbocycles. The van der Waals surface area contributed by atoms with Crippen molar-refractivity contribution in [1.29, 1.82) is 10.5 Å². The van der Waals surface area contributed by atoms with Crippen LogP contribution in [0.2, 0.25) is 0 Å². The quantitative estimate of drug-likeness (QED) is 0.569. The van der Waals surface area contributed by atoms with E-state index in [1.807, 2.05) is 12.1 Å². The summed E-state index contributed by atoms with van der Waals surface area (Å²) in [7, 11) is 0. The second kappa shape index (κ2) is 7.16. The Morgan fingerprint density at radius 2 is 1.64 bits per heavy atom. The van der Waals surface area contributed by atoms with Crippen molar-refractivity contribution < 1.29 is 14.4 Å². The Bertz CT molecular complexity index is 770. The zero-order valence-electron chi connectivity index (χ0n) is 13.8. The molecule has 25 heavy (non-hydrogen) atoms. The highest BCUT2D eigenvalue weighted by Gasteiger charge is 2.55. The van der Waals surface area contributed by atoms with Gasteiger partial charge >= 0.3 is 0 Å². The predicted molar refractivity (Wildman–Crippen MR) is 91.8 cm³/mol. The van der Waals surface area contributed by atoms with E-state index in [9.17, 15) is 24.9 Å². The lowest BCUT2D eigenvalue weighted by molar-refractivity contribution is -0.160. The molecule has 6 nitrogen and oxygen atoms in total. The van der Waals surface area contributed by atoms with Crippen molar-refractivity contribution in [2.24, 2.45) is 17.3 Å². The molecule has 0 bridgehead atoms. The average Bonchev–Trinajstić information content (AvgIpc) is 2.59. The number of carbonyl (C=O) groups is 3. The smallest absolute Gasteiger partial charge is 0.247 e. The highest BCUT2D eigenvalue weighted by atomic mass is 79.9. The van der Waals surface area contributed by atoms with Crippen LogP contribution in [0.3, 0.4) is 0 Å². The number of hydrogen-bond acceptors (Lipinski definition) is 5. The number of benzene rings is 1. The van der Waals surface area contributed by atoms with Crippen molar-refractivity contribution in [3.63, 3.8) is 0 Å². The van der Waals surface area contributed by atoms with Gasteiger partial charge in [-0.15, -0.1) is 0 Å². The number of nitriles is 2. The van der Waals surface area contributed by atoms with Crippen molar-refractivity contribution in [2.45, 2.75) is 20.3 Å². The van der Waals surface area contributed by atoms with Crippen LogP contribution in [-0.2, 0) is 9.59 Å². The lowest BCUT2D eigenvalue weighted by atomic mass is 9.63. The third-order valence-corrected chi connectivity index (χ3v) is 5.36. The minimum Gasteiger partial charge on any atom is -0.292 e. The molecule has 0 radical (unpaired) electrons. The van der Waals surface area contributed by atoms with Gasteiger partial charge in [-0.05, 0) is 18.6 Å². The summed E-state index contributed by atoms with van der Waals surface area (Å²) < 4.78 is 0.793. The molecule has 0 spiro atoms. The number of likely N-dealkylation sites (tertiary alicyclic amines) is 1. The lowest BCUT2D eigenvalue weighted by Gasteiger charge is -2.43. The molecule has 1 fully saturated rings. The zero-order chi connectivity index (χ0) is 18.8. The topological polar surface area (TPSA) is 102 Å². The van der Waals surface area contributed by atoms with E-state index in [0.29, 0.717) is 12.0 Å². The largest absolute Gasteiger partial charge is 0.292 e. The van der Waals surface area contributed by atoms with Crippen LogP contribution >= 0.6 is 15.9 Å². The molecule has 1 aliphatic rings. The number of nitrogens with zero attached hydrogens (tertiary/aromatic N) is 3. The standard InChI is InChI=1S/C18H16BrN3O3/c1-3-18(2)13(8-20)16(24)22(17(25)14(18)9-21)10-15(23)11-4-6-12(19)7-5-11/h4-7,13-14H,3,10H2,1-2H3. The van der Waals surface area contributed by atoms with Gasteiger partial charge in [0.2, 0.25) is 11.8 Å². The molecule has 1 heterocycles. The van der Waals surface area contributed by atoms with E-state index in [1.54, 1.807) is 38.1 Å². The maximum Gasteiger partial charge on any atom is 0.247 e. The van der Waals surface area contributed by atoms with Gasteiger partial charge in [-0.1, -0.05) is 41.9 Å². The third kappa shape index (κ3) is 3.20. The molecule has 1 saturated heterocycles. The van der Waals surface area contributed by atoms with Crippen molar-refractivity contribution in [2.75, 3.05) is 6.54 Å². The van der Waals surface area contributed by atoms with Crippen molar-refractivity contribution in [3.8, 4) is 12.1 Å². The Hall–Kier alpha value is -2.51. The van der Waals surface area contributed by atoms with Crippen molar-refractivity contribution >= 4 is 33.5 Å². The molecular formula is C18H16BrN3O3. The van der Waals surface area contributed by atoms with Gasteiger partial charge in [-0.3, -0.25) is 19.3 Å². The molecule has 7 heteroatoms. The van der Waals surface area contributed by atoms with Crippen LogP contribution in [0.1, 0.15) is 30.6 Å². The van der Waals surface area contributed by atoms with Crippen LogP contribution in [0.25, 0.3) is 0 Å². The first kappa shape index (κ1) is 18.8. The first-order valence-corrected chi connectivity index (χ1v) is 8.52. The molecule has 1 aromatic rings. The molecule has 0 saturated carbocycles. The number of halogens is 1. The van der Waals surface area contributed by atoms with Crippen molar-refractivity contribution in [1.82, 2.24) is 4.90 Å². The zero-order valence-corrected chi connectivity index (χ0v) is 15.4. The summed E-state index contributed by atoms with van der Waals surface area (Å²) in [5, 5.41) is 18.8. The van der Waals surface area contributed by atoms with Gasteiger partial charge in [-0.2, -0.15) is 10.5 Å². The molecule has 128 valence electrons. The summed E-state index contributed by atoms with van der Waals surface area (Å²) in [6.07, 6.45) is 0.329. The van der Waals surface area contributed by atoms with Crippen LogP contribution in [0.15, 0.2) is 28.7 Å². The summed E-state index contributed by atoms with van der Waals surface area (Å²) in [5.74, 6) is -4.14. The molecule has 1 aliphatic heterocycles. The summed E-state index contributed by atoms with van der Waals surface area (Å²) >= 11 is 3.26. The molecule has 2 unspecified atom stereocenters. The summed E-state index contributed by atoms with van der Waals surface area (Å²) in [5.41, 5.74) is -0.718. The predicted octanol–water partition coefficient (Wildman–Crippen LogP) is 2.70.